The summed E-state index contributed by atoms with van der Waals surface area (Å²) in [5, 5.41) is 0.105. The van der Waals surface area contributed by atoms with Crippen LogP contribution >= 0.6 is 23.2 Å². The Morgan fingerprint density at radius 1 is 1.44 bits per heavy atom. The number of imidazole rings is 1. The summed E-state index contributed by atoms with van der Waals surface area (Å²) in [6, 6.07) is 0. The molecule has 0 radical (unpaired) electrons. The Labute approximate surface area is 113 Å². The standard InChI is InChI=1S/C10H11Cl2N5O/c11-3-5-1-2-6(18-5)17-4-14-7-8(13)15-10(12)16-9(7)17/h4-6H,1-3H2,(H2,13,15,16). The molecule has 2 aromatic heterocycles. The third kappa shape index (κ3) is 1.90. The summed E-state index contributed by atoms with van der Waals surface area (Å²) < 4.78 is 7.61. The lowest BCUT2D eigenvalue weighted by molar-refractivity contribution is 0.0147. The molecule has 0 amide bonds. The van der Waals surface area contributed by atoms with Gasteiger partial charge in [-0.2, -0.15) is 9.97 Å². The number of hydrogen-bond acceptors (Lipinski definition) is 5. The zero-order valence-electron chi connectivity index (χ0n) is 9.38. The van der Waals surface area contributed by atoms with Gasteiger partial charge in [0.15, 0.2) is 11.5 Å². The molecule has 0 aliphatic carbocycles. The van der Waals surface area contributed by atoms with Crippen molar-refractivity contribution in [3.63, 3.8) is 0 Å². The number of hydrogen-bond donors (Lipinski definition) is 1. The Hall–Kier alpha value is -1.11. The van der Waals surface area contributed by atoms with Crippen LogP contribution in [0.4, 0.5) is 5.82 Å². The molecule has 2 aromatic rings. The van der Waals surface area contributed by atoms with Crippen molar-refractivity contribution in [2.24, 2.45) is 0 Å². The first-order valence-electron chi connectivity index (χ1n) is 5.56. The number of rotatable bonds is 2. The molecule has 2 atom stereocenters. The number of nitrogens with zero attached hydrogens (tertiary/aromatic N) is 4. The summed E-state index contributed by atoms with van der Waals surface area (Å²) in [6.45, 7) is 0. The van der Waals surface area contributed by atoms with Gasteiger partial charge in [-0.05, 0) is 24.4 Å². The Morgan fingerprint density at radius 2 is 2.28 bits per heavy atom. The number of ether oxygens (including phenoxy) is 1. The molecular formula is C10H11Cl2N5O. The van der Waals surface area contributed by atoms with Crippen LogP contribution < -0.4 is 5.73 Å². The van der Waals surface area contributed by atoms with E-state index in [1.807, 2.05) is 4.57 Å². The fraction of sp³-hybridized carbons (Fsp3) is 0.500. The summed E-state index contributed by atoms with van der Waals surface area (Å²) in [5.41, 5.74) is 6.88. The molecule has 3 rings (SSSR count). The Balaban J connectivity index is 2.03. The van der Waals surface area contributed by atoms with E-state index in [1.165, 1.54) is 0 Å². The minimum atomic E-state index is -0.121. The van der Waals surface area contributed by atoms with E-state index in [4.69, 9.17) is 33.7 Å². The van der Waals surface area contributed by atoms with E-state index in [1.54, 1.807) is 6.33 Å². The van der Waals surface area contributed by atoms with Crippen molar-refractivity contribution in [1.29, 1.82) is 0 Å². The predicted molar refractivity (Wildman–Crippen MR) is 68.6 cm³/mol. The van der Waals surface area contributed by atoms with Crippen LogP contribution in [-0.2, 0) is 4.74 Å². The second-order valence-electron chi connectivity index (χ2n) is 4.15. The summed E-state index contributed by atoms with van der Waals surface area (Å²) in [4.78, 5) is 12.2. The van der Waals surface area contributed by atoms with Crippen molar-refractivity contribution in [3.8, 4) is 0 Å². The van der Waals surface area contributed by atoms with Crippen LogP contribution in [0.1, 0.15) is 19.1 Å². The van der Waals surface area contributed by atoms with Gasteiger partial charge in [0, 0.05) is 5.88 Å². The molecule has 2 N–H and O–H groups in total. The smallest absolute Gasteiger partial charge is 0.226 e. The second kappa shape index (κ2) is 4.53. The van der Waals surface area contributed by atoms with Crippen molar-refractivity contribution in [2.45, 2.75) is 25.2 Å². The fourth-order valence-electron chi connectivity index (χ4n) is 2.13. The lowest BCUT2D eigenvalue weighted by Gasteiger charge is -2.13. The average molecular weight is 288 g/mol. The highest BCUT2D eigenvalue weighted by Crippen LogP contribution is 2.31. The number of alkyl halides is 1. The van der Waals surface area contributed by atoms with Crippen molar-refractivity contribution < 1.29 is 4.74 Å². The highest BCUT2D eigenvalue weighted by atomic mass is 35.5. The normalized spacial score (nSPS) is 23.9. The first kappa shape index (κ1) is 12.0. The monoisotopic (exact) mass is 287 g/mol. The van der Waals surface area contributed by atoms with Gasteiger partial charge >= 0.3 is 0 Å². The van der Waals surface area contributed by atoms with Gasteiger partial charge in [-0.15, -0.1) is 11.6 Å². The Morgan fingerprint density at radius 3 is 3.00 bits per heavy atom. The number of halogens is 2. The molecule has 18 heavy (non-hydrogen) atoms. The molecular weight excluding hydrogens is 277 g/mol. The molecule has 1 aliphatic heterocycles. The summed E-state index contributed by atoms with van der Waals surface area (Å²) in [6.07, 6.45) is 3.38. The summed E-state index contributed by atoms with van der Waals surface area (Å²) in [5.74, 6) is 0.761. The number of nitrogens with two attached hydrogens (primary N) is 1. The first-order chi connectivity index (χ1) is 8.69. The van der Waals surface area contributed by atoms with Crippen molar-refractivity contribution in [3.05, 3.63) is 11.6 Å². The van der Waals surface area contributed by atoms with E-state index < -0.39 is 0 Å². The minimum Gasteiger partial charge on any atom is -0.382 e. The van der Waals surface area contributed by atoms with E-state index >= 15 is 0 Å². The van der Waals surface area contributed by atoms with Gasteiger partial charge in [-0.3, -0.25) is 4.57 Å². The van der Waals surface area contributed by atoms with Crippen LogP contribution in [0.3, 0.4) is 0 Å². The number of fused-ring (bicyclic) bond motifs is 1. The first-order valence-corrected chi connectivity index (χ1v) is 6.47. The second-order valence-corrected chi connectivity index (χ2v) is 4.79. The zero-order chi connectivity index (χ0) is 12.7. The molecule has 8 heteroatoms. The topological polar surface area (TPSA) is 78.9 Å². The largest absolute Gasteiger partial charge is 0.382 e. The van der Waals surface area contributed by atoms with Gasteiger partial charge in [-0.25, -0.2) is 4.98 Å². The maximum absolute atomic E-state index is 5.81. The number of aromatic nitrogens is 4. The molecule has 3 heterocycles. The summed E-state index contributed by atoms with van der Waals surface area (Å²) in [7, 11) is 0. The number of anilines is 1. The summed E-state index contributed by atoms with van der Waals surface area (Å²) >= 11 is 11.6. The molecule has 1 aliphatic rings. The fourth-order valence-corrected chi connectivity index (χ4v) is 2.52. The van der Waals surface area contributed by atoms with Crippen molar-refractivity contribution in [2.75, 3.05) is 11.6 Å². The van der Waals surface area contributed by atoms with Crippen LogP contribution in [0.15, 0.2) is 6.33 Å². The van der Waals surface area contributed by atoms with Crippen molar-refractivity contribution >= 4 is 40.2 Å². The van der Waals surface area contributed by atoms with E-state index in [-0.39, 0.29) is 23.4 Å². The predicted octanol–water partition coefficient (Wildman–Crippen LogP) is 1.98. The highest BCUT2D eigenvalue weighted by molar-refractivity contribution is 6.28. The van der Waals surface area contributed by atoms with Crippen molar-refractivity contribution in [1.82, 2.24) is 19.5 Å². The van der Waals surface area contributed by atoms with Gasteiger partial charge in [0.25, 0.3) is 0 Å². The van der Waals surface area contributed by atoms with Gasteiger partial charge in [0.1, 0.15) is 11.7 Å². The van der Waals surface area contributed by atoms with E-state index in [9.17, 15) is 0 Å². The SMILES string of the molecule is Nc1nc(Cl)nc2c1ncn2C1CCC(CCl)O1. The van der Waals surface area contributed by atoms with Crippen LogP contribution in [0, 0.1) is 0 Å². The molecule has 0 spiro atoms. The lowest BCUT2D eigenvalue weighted by Crippen LogP contribution is -2.12. The average Bonchev–Trinajstić information content (AvgIpc) is 2.93. The van der Waals surface area contributed by atoms with Crippen LogP contribution in [-0.4, -0.2) is 31.5 Å². The highest BCUT2D eigenvalue weighted by Gasteiger charge is 2.27. The van der Waals surface area contributed by atoms with Gasteiger partial charge in [0.2, 0.25) is 5.28 Å². The molecule has 0 aromatic carbocycles. The quantitative estimate of drug-likeness (QED) is 0.675. The minimum absolute atomic E-state index is 0.0729. The van der Waals surface area contributed by atoms with Crippen LogP contribution in [0.5, 0.6) is 0 Å². The Kier molecular flexibility index (Phi) is 3.01. The van der Waals surface area contributed by atoms with E-state index in [0.29, 0.717) is 17.0 Å². The molecule has 6 nitrogen and oxygen atoms in total. The zero-order valence-corrected chi connectivity index (χ0v) is 10.9. The lowest BCUT2D eigenvalue weighted by atomic mass is 10.2. The molecule has 1 saturated heterocycles. The molecule has 0 saturated carbocycles. The maximum atomic E-state index is 5.81. The van der Waals surface area contributed by atoms with Gasteiger partial charge in [-0.1, -0.05) is 0 Å². The van der Waals surface area contributed by atoms with Gasteiger partial charge < -0.3 is 10.5 Å². The van der Waals surface area contributed by atoms with Crippen LogP contribution in [0.25, 0.3) is 11.2 Å². The molecule has 0 bridgehead atoms. The third-order valence-electron chi connectivity index (χ3n) is 2.99. The molecule has 96 valence electrons. The van der Waals surface area contributed by atoms with Crippen LogP contribution in [0.2, 0.25) is 5.28 Å². The maximum Gasteiger partial charge on any atom is 0.226 e. The molecule has 1 fully saturated rings. The Bertz CT molecular complexity index is 587. The van der Waals surface area contributed by atoms with E-state index in [2.05, 4.69) is 15.0 Å². The molecule has 2 unspecified atom stereocenters. The third-order valence-corrected chi connectivity index (χ3v) is 3.50. The van der Waals surface area contributed by atoms with Gasteiger partial charge in [0.05, 0.1) is 12.4 Å². The number of nitrogen functional groups attached to an aromatic ring is 1. The van der Waals surface area contributed by atoms with E-state index in [0.717, 1.165) is 12.8 Å².